The average Bonchev–Trinajstić information content (AvgIpc) is 2.92. The second-order valence-electron chi connectivity index (χ2n) is 6.99. The Morgan fingerprint density at radius 2 is 2.19 bits per heavy atom. The molecular formula is C21H26N4O. The number of carbonyl (C=O) groups excluding carboxylic acids is 1. The van der Waals surface area contributed by atoms with Gasteiger partial charge in [-0.05, 0) is 56.2 Å². The molecule has 26 heavy (non-hydrogen) atoms. The first-order valence-electron chi connectivity index (χ1n) is 9.37. The van der Waals surface area contributed by atoms with E-state index >= 15 is 0 Å². The zero-order valence-corrected chi connectivity index (χ0v) is 15.6. The van der Waals surface area contributed by atoms with Crippen LogP contribution < -0.4 is 5.32 Å². The van der Waals surface area contributed by atoms with Crippen LogP contribution in [0.1, 0.15) is 59.8 Å². The van der Waals surface area contributed by atoms with Crippen LogP contribution in [0.15, 0.2) is 24.3 Å². The normalized spacial score (nSPS) is 16.0. The molecule has 1 heterocycles. The number of benzene rings is 1. The second kappa shape index (κ2) is 8.18. The Bertz CT molecular complexity index is 831. The number of amides is 1. The predicted octanol–water partition coefficient (Wildman–Crippen LogP) is 3.54. The van der Waals surface area contributed by atoms with Crippen molar-refractivity contribution >= 4 is 5.91 Å². The summed E-state index contributed by atoms with van der Waals surface area (Å²) in [5, 5.41) is 16.5. The highest BCUT2D eigenvalue weighted by Gasteiger charge is 2.21. The molecule has 1 unspecified atom stereocenters. The van der Waals surface area contributed by atoms with E-state index in [0.717, 1.165) is 36.2 Å². The Balaban J connectivity index is 1.60. The minimum atomic E-state index is 0.0928. The molecule has 0 radical (unpaired) electrons. The van der Waals surface area contributed by atoms with Crippen molar-refractivity contribution in [2.24, 2.45) is 0 Å². The van der Waals surface area contributed by atoms with Crippen LogP contribution in [0.2, 0.25) is 0 Å². The van der Waals surface area contributed by atoms with Crippen LogP contribution >= 0.6 is 0 Å². The van der Waals surface area contributed by atoms with Crippen molar-refractivity contribution in [1.82, 2.24) is 15.1 Å². The highest BCUT2D eigenvalue weighted by Crippen LogP contribution is 2.29. The van der Waals surface area contributed by atoms with Gasteiger partial charge in [-0.1, -0.05) is 24.3 Å². The standard InChI is InChI=1S/C21H26N4O/c1-15-18(16(2)25(24-15)14-6-13-22)11-12-21(26)23-20-10-5-8-17-7-3-4-9-19(17)20/h3-4,7,9,20H,5-6,8,10-12,14H2,1-2H3,(H,23,26). The van der Waals surface area contributed by atoms with Gasteiger partial charge in [0.05, 0.1) is 30.8 Å². The van der Waals surface area contributed by atoms with Crippen molar-refractivity contribution in [3.05, 3.63) is 52.3 Å². The van der Waals surface area contributed by atoms with Crippen LogP contribution in [0.5, 0.6) is 0 Å². The molecule has 1 aromatic carbocycles. The second-order valence-corrected chi connectivity index (χ2v) is 6.99. The highest BCUT2D eigenvalue weighted by atomic mass is 16.1. The molecular weight excluding hydrogens is 324 g/mol. The van der Waals surface area contributed by atoms with Crippen molar-refractivity contribution in [3.8, 4) is 6.07 Å². The van der Waals surface area contributed by atoms with Crippen molar-refractivity contribution in [2.75, 3.05) is 0 Å². The molecule has 1 amide bonds. The van der Waals surface area contributed by atoms with Gasteiger partial charge >= 0.3 is 0 Å². The molecule has 0 saturated heterocycles. The zero-order chi connectivity index (χ0) is 18.5. The van der Waals surface area contributed by atoms with Crippen LogP contribution in [0.4, 0.5) is 0 Å². The van der Waals surface area contributed by atoms with Crippen molar-refractivity contribution in [1.29, 1.82) is 5.26 Å². The predicted molar refractivity (Wildman–Crippen MR) is 101 cm³/mol. The first-order valence-corrected chi connectivity index (χ1v) is 9.37. The lowest BCUT2D eigenvalue weighted by Gasteiger charge is -2.26. The number of nitrogens with one attached hydrogen (secondary N) is 1. The molecule has 0 spiro atoms. The van der Waals surface area contributed by atoms with E-state index in [1.807, 2.05) is 24.6 Å². The molecule has 1 aliphatic carbocycles. The first-order chi connectivity index (χ1) is 12.6. The minimum absolute atomic E-state index is 0.0928. The van der Waals surface area contributed by atoms with Gasteiger partial charge in [0.25, 0.3) is 0 Å². The van der Waals surface area contributed by atoms with Crippen LogP contribution in [-0.2, 0) is 24.2 Å². The molecule has 0 aliphatic heterocycles. The lowest BCUT2D eigenvalue weighted by atomic mass is 9.87. The van der Waals surface area contributed by atoms with Crippen molar-refractivity contribution in [3.63, 3.8) is 0 Å². The summed E-state index contributed by atoms with van der Waals surface area (Å²) in [6.45, 7) is 4.59. The van der Waals surface area contributed by atoms with Gasteiger partial charge < -0.3 is 5.32 Å². The summed E-state index contributed by atoms with van der Waals surface area (Å²) >= 11 is 0. The topological polar surface area (TPSA) is 70.7 Å². The van der Waals surface area contributed by atoms with Gasteiger partial charge in [0.1, 0.15) is 0 Å². The van der Waals surface area contributed by atoms with Crippen LogP contribution in [0.3, 0.4) is 0 Å². The Morgan fingerprint density at radius 3 is 3.00 bits per heavy atom. The summed E-state index contributed by atoms with van der Waals surface area (Å²) in [5.74, 6) is 0.0928. The molecule has 0 saturated carbocycles. The fraction of sp³-hybridized carbons (Fsp3) is 0.476. The fourth-order valence-electron chi connectivity index (χ4n) is 3.88. The maximum absolute atomic E-state index is 12.5. The van der Waals surface area contributed by atoms with Gasteiger partial charge in [-0.2, -0.15) is 10.4 Å². The van der Waals surface area contributed by atoms with Gasteiger partial charge in [0, 0.05) is 12.1 Å². The van der Waals surface area contributed by atoms with Gasteiger partial charge in [-0.3, -0.25) is 9.48 Å². The first kappa shape index (κ1) is 18.2. The van der Waals surface area contributed by atoms with Gasteiger partial charge in [0.2, 0.25) is 5.91 Å². The monoisotopic (exact) mass is 350 g/mol. The van der Waals surface area contributed by atoms with E-state index in [4.69, 9.17) is 5.26 Å². The quantitative estimate of drug-likeness (QED) is 0.866. The summed E-state index contributed by atoms with van der Waals surface area (Å²) in [6.07, 6.45) is 4.82. The lowest BCUT2D eigenvalue weighted by molar-refractivity contribution is -0.121. The number of nitriles is 1. The van der Waals surface area contributed by atoms with E-state index in [9.17, 15) is 4.79 Å². The van der Waals surface area contributed by atoms with E-state index < -0.39 is 0 Å². The Kier molecular flexibility index (Phi) is 5.72. The molecule has 3 rings (SSSR count). The van der Waals surface area contributed by atoms with E-state index in [1.165, 1.54) is 11.1 Å². The third kappa shape index (κ3) is 3.96. The smallest absolute Gasteiger partial charge is 0.220 e. The molecule has 1 N–H and O–H groups in total. The summed E-state index contributed by atoms with van der Waals surface area (Å²) in [7, 11) is 0. The Hall–Kier alpha value is -2.61. The van der Waals surface area contributed by atoms with Gasteiger partial charge in [-0.25, -0.2) is 0 Å². The molecule has 5 heteroatoms. The van der Waals surface area contributed by atoms with Gasteiger partial charge in [0.15, 0.2) is 0 Å². The largest absolute Gasteiger partial charge is 0.349 e. The number of carbonyl (C=O) groups is 1. The number of aromatic nitrogens is 2. The summed E-state index contributed by atoms with van der Waals surface area (Å²) in [6, 6.07) is 10.7. The van der Waals surface area contributed by atoms with Crippen molar-refractivity contribution in [2.45, 2.75) is 65.0 Å². The third-order valence-corrected chi connectivity index (χ3v) is 5.27. The number of rotatable bonds is 6. The zero-order valence-electron chi connectivity index (χ0n) is 15.6. The van der Waals surface area contributed by atoms with Crippen LogP contribution in [0.25, 0.3) is 0 Å². The van der Waals surface area contributed by atoms with Crippen LogP contribution in [-0.4, -0.2) is 15.7 Å². The molecule has 2 aromatic rings. The average molecular weight is 350 g/mol. The minimum Gasteiger partial charge on any atom is -0.349 e. The maximum Gasteiger partial charge on any atom is 0.220 e. The molecule has 1 aliphatic rings. The number of hydrogen-bond donors (Lipinski definition) is 1. The molecule has 1 aromatic heterocycles. The lowest BCUT2D eigenvalue weighted by Crippen LogP contribution is -2.31. The van der Waals surface area contributed by atoms with E-state index in [2.05, 4.69) is 34.7 Å². The number of nitrogens with zero attached hydrogens (tertiary/aromatic N) is 3. The highest BCUT2D eigenvalue weighted by molar-refractivity contribution is 5.77. The van der Waals surface area contributed by atoms with E-state index in [0.29, 0.717) is 25.8 Å². The molecule has 0 bridgehead atoms. The number of aryl methyl sites for hydroxylation is 3. The summed E-state index contributed by atoms with van der Waals surface area (Å²) in [5.41, 5.74) is 5.77. The number of fused-ring (bicyclic) bond motifs is 1. The van der Waals surface area contributed by atoms with Gasteiger partial charge in [-0.15, -0.1) is 0 Å². The molecule has 5 nitrogen and oxygen atoms in total. The molecule has 1 atom stereocenters. The molecule has 136 valence electrons. The number of hydrogen-bond acceptors (Lipinski definition) is 3. The SMILES string of the molecule is Cc1nn(CCC#N)c(C)c1CCC(=O)NC1CCCc2ccccc21. The fourth-order valence-corrected chi connectivity index (χ4v) is 3.88. The Morgan fingerprint density at radius 1 is 1.38 bits per heavy atom. The van der Waals surface area contributed by atoms with E-state index in [-0.39, 0.29) is 11.9 Å². The van der Waals surface area contributed by atoms with Crippen LogP contribution in [0, 0.1) is 25.2 Å². The maximum atomic E-state index is 12.5. The third-order valence-electron chi connectivity index (χ3n) is 5.27. The van der Waals surface area contributed by atoms with E-state index in [1.54, 1.807) is 0 Å². The van der Waals surface area contributed by atoms with Crippen molar-refractivity contribution < 1.29 is 4.79 Å². The molecule has 0 fully saturated rings. The summed E-state index contributed by atoms with van der Waals surface area (Å²) in [4.78, 5) is 12.5. The summed E-state index contributed by atoms with van der Waals surface area (Å²) < 4.78 is 1.88. The Labute approximate surface area is 155 Å².